The van der Waals surface area contributed by atoms with Crippen molar-refractivity contribution in [3.8, 4) is 11.4 Å². The lowest BCUT2D eigenvalue weighted by molar-refractivity contribution is 0.686. The first-order chi connectivity index (χ1) is 15.1. The van der Waals surface area contributed by atoms with Gasteiger partial charge in [-0.05, 0) is 31.5 Å². The predicted molar refractivity (Wildman–Crippen MR) is 121 cm³/mol. The van der Waals surface area contributed by atoms with E-state index in [0.717, 1.165) is 40.0 Å². The van der Waals surface area contributed by atoms with Crippen molar-refractivity contribution in [3.63, 3.8) is 0 Å². The number of benzene rings is 2. The molecule has 0 saturated heterocycles. The molecule has 3 heterocycles. The van der Waals surface area contributed by atoms with Gasteiger partial charge in [0.25, 0.3) is 5.56 Å². The minimum absolute atomic E-state index is 0.0803. The van der Waals surface area contributed by atoms with Gasteiger partial charge in [0.2, 0.25) is 5.78 Å². The summed E-state index contributed by atoms with van der Waals surface area (Å²) in [6.45, 7) is 4.93. The van der Waals surface area contributed by atoms with E-state index in [0.29, 0.717) is 16.9 Å². The van der Waals surface area contributed by atoms with E-state index in [9.17, 15) is 4.79 Å². The van der Waals surface area contributed by atoms with Gasteiger partial charge in [0.1, 0.15) is 5.82 Å². The third-order valence-electron chi connectivity index (χ3n) is 5.44. The summed E-state index contributed by atoms with van der Waals surface area (Å²) in [4.78, 5) is 12.6. The summed E-state index contributed by atoms with van der Waals surface area (Å²) in [5.74, 6) is 2.70. The normalized spacial score (nSPS) is 11.6. The molecule has 0 radical (unpaired) electrons. The second-order valence-electron chi connectivity index (χ2n) is 7.29. The summed E-state index contributed by atoms with van der Waals surface area (Å²) < 4.78 is 5.59. The Bertz CT molecular complexity index is 1480. The molecule has 8 nitrogen and oxygen atoms in total. The van der Waals surface area contributed by atoms with Crippen LogP contribution in [-0.4, -0.2) is 33.9 Å². The number of rotatable bonds is 5. The van der Waals surface area contributed by atoms with Crippen molar-refractivity contribution < 1.29 is 0 Å². The van der Waals surface area contributed by atoms with Crippen molar-refractivity contribution in [2.45, 2.75) is 31.3 Å². The van der Waals surface area contributed by atoms with E-state index in [1.807, 2.05) is 40.8 Å². The highest BCUT2D eigenvalue weighted by Gasteiger charge is 2.18. The van der Waals surface area contributed by atoms with Crippen LogP contribution in [0.1, 0.15) is 18.3 Å². The maximum atomic E-state index is 12.6. The molecule has 3 aromatic heterocycles. The van der Waals surface area contributed by atoms with Crippen LogP contribution in [0.4, 0.5) is 0 Å². The number of aryl methyl sites for hydroxylation is 2. The first-order valence-electron chi connectivity index (χ1n) is 10.0. The topological polar surface area (TPSA) is 82.9 Å². The predicted octanol–water partition coefficient (Wildman–Crippen LogP) is 3.46. The molecule has 0 N–H and O–H groups in total. The molecule has 0 atom stereocenters. The zero-order valence-electron chi connectivity index (χ0n) is 17.5. The summed E-state index contributed by atoms with van der Waals surface area (Å²) in [5, 5.41) is 19.0. The van der Waals surface area contributed by atoms with Crippen molar-refractivity contribution in [2.75, 3.05) is 0 Å². The fraction of sp³-hybridized carbons (Fsp3) is 0.227. The standard InChI is InChI=1S/C22H21N7OS/c1-4-28-19(15-10-6-5-9-14(15)2)24-26-22(28)31-13-18-23-25-21-27(3)20(30)16-11-7-8-12-17(16)29(18)21/h5-12H,4,13H2,1-3H3. The number of hydrogen-bond donors (Lipinski definition) is 0. The van der Waals surface area contributed by atoms with Crippen LogP contribution in [0.25, 0.3) is 28.1 Å². The highest BCUT2D eigenvalue weighted by molar-refractivity contribution is 7.98. The highest BCUT2D eigenvalue weighted by atomic mass is 32.2. The number of aromatic nitrogens is 7. The molecule has 156 valence electrons. The molecule has 5 aromatic rings. The van der Waals surface area contributed by atoms with E-state index in [-0.39, 0.29) is 5.56 Å². The highest BCUT2D eigenvalue weighted by Crippen LogP contribution is 2.28. The molecule has 0 fully saturated rings. The SMILES string of the molecule is CCn1c(SCc2nnc3n(C)c(=O)c4ccccc4n23)nnc1-c1ccccc1C. The number of nitrogens with zero attached hydrogens (tertiary/aromatic N) is 7. The molecule has 5 rings (SSSR count). The maximum Gasteiger partial charge on any atom is 0.262 e. The molecule has 0 saturated carbocycles. The Morgan fingerprint density at radius 3 is 2.55 bits per heavy atom. The molecule has 0 aliphatic rings. The van der Waals surface area contributed by atoms with Crippen LogP contribution in [0.3, 0.4) is 0 Å². The molecule has 0 spiro atoms. The van der Waals surface area contributed by atoms with E-state index >= 15 is 0 Å². The number of hydrogen-bond acceptors (Lipinski definition) is 6. The lowest BCUT2D eigenvalue weighted by Gasteiger charge is -2.09. The first-order valence-corrected chi connectivity index (χ1v) is 11.0. The Hall–Kier alpha value is -3.46. The minimum Gasteiger partial charge on any atom is -0.302 e. The Morgan fingerprint density at radius 1 is 0.968 bits per heavy atom. The van der Waals surface area contributed by atoms with Gasteiger partial charge in [0.15, 0.2) is 11.0 Å². The van der Waals surface area contributed by atoms with Gasteiger partial charge in [0, 0.05) is 19.2 Å². The average molecular weight is 432 g/mol. The average Bonchev–Trinajstić information content (AvgIpc) is 3.40. The van der Waals surface area contributed by atoms with E-state index in [4.69, 9.17) is 0 Å². The summed E-state index contributed by atoms with van der Waals surface area (Å²) in [6, 6.07) is 15.7. The second kappa shape index (κ2) is 7.66. The van der Waals surface area contributed by atoms with Crippen LogP contribution < -0.4 is 5.56 Å². The van der Waals surface area contributed by atoms with E-state index < -0.39 is 0 Å². The summed E-state index contributed by atoms with van der Waals surface area (Å²) >= 11 is 1.56. The van der Waals surface area contributed by atoms with Gasteiger partial charge in [-0.15, -0.1) is 20.4 Å². The van der Waals surface area contributed by atoms with Gasteiger partial charge in [-0.25, -0.2) is 0 Å². The summed E-state index contributed by atoms with van der Waals surface area (Å²) in [5.41, 5.74) is 2.97. The van der Waals surface area contributed by atoms with Crippen LogP contribution in [-0.2, 0) is 19.3 Å². The lowest BCUT2D eigenvalue weighted by atomic mass is 10.1. The largest absolute Gasteiger partial charge is 0.302 e. The van der Waals surface area contributed by atoms with Crippen molar-refractivity contribution in [1.29, 1.82) is 0 Å². The van der Waals surface area contributed by atoms with Gasteiger partial charge < -0.3 is 4.57 Å². The quantitative estimate of drug-likeness (QED) is 0.396. The van der Waals surface area contributed by atoms with Gasteiger partial charge in [-0.2, -0.15) is 0 Å². The molecule has 2 aromatic carbocycles. The molecule has 0 amide bonds. The molecule has 0 unspecified atom stereocenters. The second-order valence-corrected chi connectivity index (χ2v) is 8.23. The molecule has 0 bridgehead atoms. The molecule has 0 aliphatic heterocycles. The van der Waals surface area contributed by atoms with Gasteiger partial charge in [0.05, 0.1) is 16.7 Å². The lowest BCUT2D eigenvalue weighted by Crippen LogP contribution is -2.20. The van der Waals surface area contributed by atoms with Gasteiger partial charge >= 0.3 is 0 Å². The van der Waals surface area contributed by atoms with Crippen molar-refractivity contribution >= 4 is 28.4 Å². The number of fused-ring (bicyclic) bond motifs is 3. The van der Waals surface area contributed by atoms with Crippen LogP contribution in [0, 0.1) is 6.92 Å². The third-order valence-corrected chi connectivity index (χ3v) is 6.41. The third kappa shape index (κ3) is 3.12. The van der Waals surface area contributed by atoms with Crippen LogP contribution >= 0.6 is 11.8 Å². The Kier molecular flexibility index (Phi) is 4.82. The van der Waals surface area contributed by atoms with Crippen molar-refractivity contribution in [1.82, 2.24) is 33.9 Å². The minimum atomic E-state index is -0.0803. The van der Waals surface area contributed by atoms with Crippen LogP contribution in [0.2, 0.25) is 0 Å². The first kappa shape index (κ1) is 19.5. The zero-order valence-corrected chi connectivity index (χ0v) is 18.3. The molecule has 31 heavy (non-hydrogen) atoms. The number of para-hydroxylation sites is 1. The zero-order chi connectivity index (χ0) is 21.5. The Labute approximate surface area is 182 Å². The fourth-order valence-corrected chi connectivity index (χ4v) is 4.73. The molecule has 9 heteroatoms. The Morgan fingerprint density at radius 2 is 1.74 bits per heavy atom. The van der Waals surface area contributed by atoms with E-state index in [1.165, 1.54) is 4.57 Å². The van der Waals surface area contributed by atoms with Crippen molar-refractivity contribution in [3.05, 3.63) is 70.3 Å². The molecule has 0 aliphatic carbocycles. The molecular formula is C22H21N7OS. The van der Waals surface area contributed by atoms with Gasteiger partial charge in [-0.1, -0.05) is 48.2 Å². The van der Waals surface area contributed by atoms with Crippen molar-refractivity contribution in [2.24, 2.45) is 7.05 Å². The maximum absolute atomic E-state index is 12.6. The summed E-state index contributed by atoms with van der Waals surface area (Å²) in [7, 11) is 1.72. The number of thioether (sulfide) groups is 1. The van der Waals surface area contributed by atoms with E-state index in [1.54, 1.807) is 18.8 Å². The Balaban J connectivity index is 1.54. The van der Waals surface area contributed by atoms with Crippen LogP contribution in [0.5, 0.6) is 0 Å². The fourth-order valence-electron chi connectivity index (χ4n) is 3.82. The molecular weight excluding hydrogens is 410 g/mol. The van der Waals surface area contributed by atoms with Crippen LogP contribution in [0.15, 0.2) is 58.5 Å². The van der Waals surface area contributed by atoms with Gasteiger partial charge in [-0.3, -0.25) is 13.8 Å². The van der Waals surface area contributed by atoms with E-state index in [2.05, 4.69) is 50.9 Å². The monoisotopic (exact) mass is 431 g/mol. The summed E-state index contributed by atoms with van der Waals surface area (Å²) in [6.07, 6.45) is 0. The smallest absolute Gasteiger partial charge is 0.262 e.